The zero-order valence-corrected chi connectivity index (χ0v) is 11.9. The number of nitrogens with zero attached hydrogens (tertiary/aromatic N) is 1. The van der Waals surface area contributed by atoms with E-state index in [9.17, 15) is 4.79 Å². The van der Waals surface area contributed by atoms with Crippen LogP contribution in [0.3, 0.4) is 0 Å². The summed E-state index contributed by atoms with van der Waals surface area (Å²) >= 11 is 5.32. The van der Waals surface area contributed by atoms with E-state index in [4.69, 9.17) is 12.2 Å². The lowest BCUT2D eigenvalue weighted by Crippen LogP contribution is -2.43. The molecule has 1 amide bonds. The minimum Gasteiger partial charge on any atom is -0.349 e. The second-order valence-electron chi connectivity index (χ2n) is 4.92. The van der Waals surface area contributed by atoms with E-state index in [1.165, 1.54) is 12.8 Å². The summed E-state index contributed by atoms with van der Waals surface area (Å²) in [5.74, 6) is -0.0274. The van der Waals surface area contributed by atoms with E-state index in [-0.39, 0.29) is 5.91 Å². The van der Waals surface area contributed by atoms with Gasteiger partial charge in [0.05, 0.1) is 6.42 Å². The number of benzene rings is 1. The number of rotatable bonds is 2. The first-order chi connectivity index (χ1) is 9.25. The Labute approximate surface area is 120 Å². The summed E-state index contributed by atoms with van der Waals surface area (Å²) in [4.78, 5) is 14.0. The molecule has 0 spiro atoms. The Morgan fingerprint density at radius 2 is 1.74 bits per heavy atom. The Morgan fingerprint density at radius 3 is 2.37 bits per heavy atom. The van der Waals surface area contributed by atoms with Crippen molar-refractivity contribution < 1.29 is 4.79 Å². The first-order valence-electron chi connectivity index (χ1n) is 6.88. The smallest absolute Gasteiger partial charge is 0.230 e. The Hall–Kier alpha value is -1.42. The summed E-state index contributed by atoms with van der Waals surface area (Å²) in [5, 5.41) is 3.43. The van der Waals surface area contributed by atoms with Crippen molar-refractivity contribution in [2.45, 2.75) is 32.1 Å². The van der Waals surface area contributed by atoms with E-state index in [1.807, 2.05) is 30.3 Å². The Kier molecular flexibility index (Phi) is 5.33. The number of likely N-dealkylation sites (tertiary alicyclic amines) is 1. The van der Waals surface area contributed by atoms with E-state index in [0.717, 1.165) is 31.5 Å². The van der Waals surface area contributed by atoms with Crippen molar-refractivity contribution >= 4 is 23.2 Å². The van der Waals surface area contributed by atoms with Crippen LogP contribution in [0.2, 0.25) is 0 Å². The van der Waals surface area contributed by atoms with Crippen LogP contribution in [-0.2, 0) is 11.2 Å². The first-order valence-corrected chi connectivity index (χ1v) is 7.29. The minimum absolute atomic E-state index is 0.0274. The summed E-state index contributed by atoms with van der Waals surface area (Å²) in [6, 6.07) is 9.73. The van der Waals surface area contributed by atoms with E-state index in [1.54, 1.807) is 0 Å². The maximum absolute atomic E-state index is 11.9. The number of thiocarbonyl (C=S) groups is 1. The molecule has 0 radical (unpaired) electrons. The molecule has 1 aliphatic heterocycles. The zero-order valence-electron chi connectivity index (χ0n) is 11.1. The second kappa shape index (κ2) is 7.24. The van der Waals surface area contributed by atoms with Gasteiger partial charge >= 0.3 is 0 Å². The number of hydrogen-bond donors (Lipinski definition) is 1. The lowest BCUT2D eigenvalue weighted by molar-refractivity contribution is -0.119. The molecule has 2 rings (SSSR count). The molecule has 4 heteroatoms. The van der Waals surface area contributed by atoms with Crippen LogP contribution >= 0.6 is 12.2 Å². The number of carbonyl (C=O) groups is 1. The van der Waals surface area contributed by atoms with E-state index in [2.05, 4.69) is 10.2 Å². The van der Waals surface area contributed by atoms with Crippen LogP contribution < -0.4 is 5.32 Å². The third-order valence-electron chi connectivity index (χ3n) is 3.35. The van der Waals surface area contributed by atoms with E-state index >= 15 is 0 Å². The van der Waals surface area contributed by atoms with Crippen LogP contribution in [0, 0.1) is 0 Å². The molecule has 0 aliphatic carbocycles. The Balaban J connectivity index is 1.82. The number of nitrogens with one attached hydrogen (secondary N) is 1. The van der Waals surface area contributed by atoms with Gasteiger partial charge in [-0.25, -0.2) is 0 Å². The zero-order chi connectivity index (χ0) is 13.5. The van der Waals surface area contributed by atoms with Crippen LogP contribution in [0.1, 0.15) is 31.2 Å². The summed E-state index contributed by atoms with van der Waals surface area (Å²) in [5.41, 5.74) is 1.01. The molecule has 1 heterocycles. The standard InChI is InChI=1S/C15H20N2OS/c18-14(12-13-8-4-3-5-9-13)16-15(19)17-10-6-1-2-7-11-17/h3-5,8-9H,1-2,6-7,10-12H2,(H,16,18,19). The van der Waals surface area contributed by atoms with Gasteiger partial charge in [0.2, 0.25) is 5.91 Å². The molecule has 1 aliphatic rings. The highest BCUT2D eigenvalue weighted by Crippen LogP contribution is 2.09. The number of hydrogen-bond acceptors (Lipinski definition) is 2. The molecule has 102 valence electrons. The van der Waals surface area contributed by atoms with Crippen LogP contribution in [-0.4, -0.2) is 29.0 Å². The van der Waals surface area contributed by atoms with Crippen molar-refractivity contribution in [3.8, 4) is 0 Å². The van der Waals surface area contributed by atoms with Crippen molar-refractivity contribution in [1.82, 2.24) is 10.2 Å². The molecule has 0 saturated carbocycles. The molecular formula is C15H20N2OS. The molecule has 1 saturated heterocycles. The monoisotopic (exact) mass is 276 g/mol. The average Bonchev–Trinajstić information content (AvgIpc) is 2.68. The van der Waals surface area contributed by atoms with Crippen molar-refractivity contribution in [1.29, 1.82) is 0 Å². The van der Waals surface area contributed by atoms with Gasteiger partial charge in [-0.1, -0.05) is 43.2 Å². The predicted molar refractivity (Wildman–Crippen MR) is 80.9 cm³/mol. The van der Waals surface area contributed by atoms with E-state index in [0.29, 0.717) is 11.5 Å². The molecule has 0 unspecified atom stereocenters. The van der Waals surface area contributed by atoms with Gasteiger partial charge in [0.1, 0.15) is 0 Å². The molecule has 19 heavy (non-hydrogen) atoms. The van der Waals surface area contributed by atoms with Crippen molar-refractivity contribution in [2.24, 2.45) is 0 Å². The molecular weight excluding hydrogens is 256 g/mol. The summed E-state index contributed by atoms with van der Waals surface area (Å²) < 4.78 is 0. The van der Waals surface area contributed by atoms with E-state index < -0.39 is 0 Å². The topological polar surface area (TPSA) is 32.3 Å². The lowest BCUT2D eigenvalue weighted by atomic mass is 10.1. The fraction of sp³-hybridized carbons (Fsp3) is 0.467. The van der Waals surface area contributed by atoms with Gasteiger partial charge < -0.3 is 10.2 Å². The van der Waals surface area contributed by atoms with Gasteiger partial charge in [-0.05, 0) is 30.6 Å². The van der Waals surface area contributed by atoms with Gasteiger partial charge in [0, 0.05) is 13.1 Å². The highest BCUT2D eigenvalue weighted by Gasteiger charge is 2.14. The molecule has 1 fully saturated rings. The maximum atomic E-state index is 11.9. The van der Waals surface area contributed by atoms with Crippen LogP contribution in [0.15, 0.2) is 30.3 Å². The predicted octanol–water partition coefficient (Wildman–Crippen LogP) is 2.51. The summed E-state index contributed by atoms with van der Waals surface area (Å²) in [6.07, 6.45) is 5.23. The molecule has 0 bridgehead atoms. The highest BCUT2D eigenvalue weighted by atomic mass is 32.1. The van der Waals surface area contributed by atoms with Crippen molar-refractivity contribution in [2.75, 3.05) is 13.1 Å². The summed E-state index contributed by atoms with van der Waals surface area (Å²) in [7, 11) is 0. The molecule has 0 aromatic heterocycles. The quantitative estimate of drug-likeness (QED) is 0.842. The van der Waals surface area contributed by atoms with Crippen LogP contribution in [0.25, 0.3) is 0 Å². The third kappa shape index (κ3) is 4.63. The molecule has 0 atom stereocenters. The lowest BCUT2D eigenvalue weighted by Gasteiger charge is -2.23. The Bertz CT molecular complexity index is 425. The van der Waals surface area contributed by atoms with Crippen LogP contribution in [0.4, 0.5) is 0 Å². The number of amides is 1. The minimum atomic E-state index is -0.0274. The van der Waals surface area contributed by atoms with Gasteiger partial charge in [-0.2, -0.15) is 0 Å². The van der Waals surface area contributed by atoms with Gasteiger partial charge in [-0.15, -0.1) is 0 Å². The maximum Gasteiger partial charge on any atom is 0.230 e. The fourth-order valence-corrected chi connectivity index (χ4v) is 2.59. The van der Waals surface area contributed by atoms with Crippen LogP contribution in [0.5, 0.6) is 0 Å². The molecule has 1 N–H and O–H groups in total. The normalized spacial score (nSPS) is 15.7. The largest absolute Gasteiger partial charge is 0.349 e. The highest BCUT2D eigenvalue weighted by molar-refractivity contribution is 7.80. The SMILES string of the molecule is O=C(Cc1ccccc1)NC(=S)N1CCCCCC1. The fourth-order valence-electron chi connectivity index (χ4n) is 2.30. The second-order valence-corrected chi connectivity index (χ2v) is 5.30. The first kappa shape index (κ1) is 14.0. The molecule has 1 aromatic carbocycles. The van der Waals surface area contributed by atoms with Gasteiger partial charge in [0.15, 0.2) is 5.11 Å². The third-order valence-corrected chi connectivity index (χ3v) is 3.71. The Morgan fingerprint density at radius 1 is 1.11 bits per heavy atom. The van der Waals surface area contributed by atoms with Crippen molar-refractivity contribution in [3.63, 3.8) is 0 Å². The molecule has 3 nitrogen and oxygen atoms in total. The summed E-state index contributed by atoms with van der Waals surface area (Å²) in [6.45, 7) is 1.93. The van der Waals surface area contributed by atoms with Gasteiger partial charge in [0.25, 0.3) is 0 Å². The average molecular weight is 276 g/mol. The number of carbonyl (C=O) groups excluding carboxylic acids is 1. The molecule has 1 aromatic rings. The van der Waals surface area contributed by atoms with Crippen molar-refractivity contribution in [3.05, 3.63) is 35.9 Å². The van der Waals surface area contributed by atoms with Gasteiger partial charge in [-0.3, -0.25) is 4.79 Å².